The van der Waals surface area contributed by atoms with Crippen LogP contribution in [0.25, 0.3) is 0 Å². The molecule has 9 heteroatoms. The Morgan fingerprint density at radius 3 is 2.43 bits per heavy atom. The van der Waals surface area contributed by atoms with Crippen LogP contribution in [0.1, 0.15) is 30.5 Å². The highest BCUT2D eigenvalue weighted by molar-refractivity contribution is 14.0. The van der Waals surface area contributed by atoms with Gasteiger partial charge in [0.15, 0.2) is 5.96 Å². The van der Waals surface area contributed by atoms with E-state index in [-0.39, 0.29) is 35.0 Å². The number of nitrogens with zero attached hydrogens (tertiary/aromatic N) is 1. The fourth-order valence-electron chi connectivity index (χ4n) is 2.70. The lowest BCUT2D eigenvalue weighted by molar-refractivity contribution is 0.239. The van der Waals surface area contributed by atoms with Crippen LogP contribution in [0, 0.1) is 6.92 Å². The van der Waals surface area contributed by atoms with Crippen molar-refractivity contribution >= 4 is 40.0 Å². The van der Waals surface area contributed by atoms with E-state index in [9.17, 15) is 8.42 Å². The summed E-state index contributed by atoms with van der Waals surface area (Å²) < 4.78 is 32.2. The van der Waals surface area contributed by atoms with Gasteiger partial charge in [0.2, 0.25) is 10.0 Å². The van der Waals surface area contributed by atoms with E-state index in [1.54, 1.807) is 25.2 Å². The molecule has 166 valence electrons. The second-order valence-corrected chi connectivity index (χ2v) is 8.80. The molecule has 0 heterocycles. The summed E-state index contributed by atoms with van der Waals surface area (Å²) in [4.78, 5) is 4.47. The first-order chi connectivity index (χ1) is 13.7. The highest BCUT2D eigenvalue weighted by Crippen LogP contribution is 2.21. The number of benzene rings is 2. The number of nitrogens with one attached hydrogen (secondary N) is 3. The van der Waals surface area contributed by atoms with E-state index < -0.39 is 10.0 Å². The molecule has 0 fully saturated rings. The Morgan fingerprint density at radius 1 is 1.10 bits per heavy atom. The Kier molecular flexibility index (Phi) is 10.6. The molecule has 7 nitrogen and oxygen atoms in total. The average molecular weight is 546 g/mol. The molecule has 0 amide bonds. The Balaban J connectivity index is 0.00000450. The molecule has 0 aliphatic heterocycles. The second-order valence-electron chi connectivity index (χ2n) is 6.91. The number of hydrogen-bond donors (Lipinski definition) is 3. The zero-order chi connectivity index (χ0) is 21.4. The lowest BCUT2D eigenvalue weighted by atomic mass is 10.1. The first kappa shape index (κ1) is 26.2. The number of guanidine groups is 1. The summed E-state index contributed by atoms with van der Waals surface area (Å²) in [7, 11) is -0.377. The number of halogens is 1. The smallest absolute Gasteiger partial charge is 0.240 e. The van der Waals surface area contributed by atoms with Gasteiger partial charge in [-0.1, -0.05) is 24.3 Å². The molecule has 2 aromatic rings. The Morgan fingerprint density at radius 2 is 1.80 bits per heavy atom. The monoisotopic (exact) mass is 546 g/mol. The average Bonchev–Trinajstić information content (AvgIpc) is 2.69. The normalized spacial score (nSPS) is 11.7. The Bertz CT molecular complexity index is 962. The summed E-state index contributed by atoms with van der Waals surface area (Å²) in [5, 5.41) is 6.48. The van der Waals surface area contributed by atoms with Crippen molar-refractivity contribution in [3.63, 3.8) is 0 Å². The quantitative estimate of drug-likeness (QED) is 0.269. The van der Waals surface area contributed by atoms with Crippen molar-refractivity contribution in [2.24, 2.45) is 4.99 Å². The molecule has 30 heavy (non-hydrogen) atoms. The molecule has 0 spiro atoms. The Hall–Kier alpha value is -1.85. The fraction of sp³-hybridized carbons (Fsp3) is 0.381. The van der Waals surface area contributed by atoms with Crippen LogP contribution in [0.3, 0.4) is 0 Å². The van der Waals surface area contributed by atoms with E-state index in [2.05, 4.69) is 20.3 Å². The third-order valence-corrected chi connectivity index (χ3v) is 5.60. The van der Waals surface area contributed by atoms with Crippen molar-refractivity contribution in [2.45, 2.75) is 44.9 Å². The van der Waals surface area contributed by atoms with Gasteiger partial charge in [0.05, 0.1) is 11.0 Å². The van der Waals surface area contributed by atoms with E-state index in [4.69, 9.17) is 4.74 Å². The van der Waals surface area contributed by atoms with Crippen molar-refractivity contribution in [1.29, 1.82) is 0 Å². The molecule has 0 aromatic heterocycles. The molecule has 0 radical (unpaired) electrons. The van der Waals surface area contributed by atoms with Crippen LogP contribution in [-0.4, -0.2) is 34.6 Å². The minimum atomic E-state index is -3.47. The number of sulfonamides is 1. The van der Waals surface area contributed by atoms with Gasteiger partial charge < -0.3 is 15.4 Å². The van der Waals surface area contributed by atoms with Gasteiger partial charge in [0, 0.05) is 25.7 Å². The largest absolute Gasteiger partial charge is 0.491 e. The van der Waals surface area contributed by atoms with Gasteiger partial charge in [0.25, 0.3) is 0 Å². The van der Waals surface area contributed by atoms with Crippen molar-refractivity contribution in [1.82, 2.24) is 15.4 Å². The van der Waals surface area contributed by atoms with Crippen LogP contribution in [0.2, 0.25) is 0 Å². The number of hydrogen-bond acceptors (Lipinski definition) is 4. The van der Waals surface area contributed by atoms with Crippen molar-refractivity contribution in [3.05, 3.63) is 59.2 Å². The van der Waals surface area contributed by atoms with Crippen LogP contribution in [-0.2, 0) is 23.1 Å². The summed E-state index contributed by atoms with van der Waals surface area (Å²) >= 11 is 0. The Labute approximate surface area is 196 Å². The first-order valence-electron chi connectivity index (χ1n) is 9.48. The molecule has 0 unspecified atom stereocenters. The summed E-state index contributed by atoms with van der Waals surface area (Å²) in [6.07, 6.45) is 0.0918. The highest BCUT2D eigenvalue weighted by atomic mass is 127. The molecule has 0 atom stereocenters. The third-order valence-electron chi connectivity index (χ3n) is 4.19. The van der Waals surface area contributed by atoms with Crippen LogP contribution >= 0.6 is 24.0 Å². The molecule has 0 aliphatic rings. The van der Waals surface area contributed by atoms with Crippen LogP contribution in [0.4, 0.5) is 0 Å². The van der Waals surface area contributed by atoms with Gasteiger partial charge in [-0.25, -0.2) is 13.1 Å². The maximum Gasteiger partial charge on any atom is 0.240 e. The van der Waals surface area contributed by atoms with Crippen LogP contribution in [0.15, 0.2) is 52.4 Å². The molecule has 0 bridgehead atoms. The lowest BCUT2D eigenvalue weighted by Crippen LogP contribution is -2.36. The number of aryl methyl sites for hydroxylation is 1. The molecular formula is C21H31IN4O3S. The van der Waals surface area contributed by atoms with Crippen molar-refractivity contribution in [3.8, 4) is 5.75 Å². The van der Waals surface area contributed by atoms with Crippen molar-refractivity contribution < 1.29 is 13.2 Å². The molecule has 0 aliphatic carbocycles. The molecule has 3 N–H and O–H groups in total. The van der Waals surface area contributed by atoms with Gasteiger partial charge in [-0.3, -0.25) is 4.99 Å². The minimum absolute atomic E-state index is 0. The van der Waals surface area contributed by atoms with E-state index in [0.29, 0.717) is 19.0 Å². The maximum absolute atomic E-state index is 12.0. The highest BCUT2D eigenvalue weighted by Gasteiger charge is 2.12. The van der Waals surface area contributed by atoms with E-state index >= 15 is 0 Å². The van der Waals surface area contributed by atoms with Gasteiger partial charge >= 0.3 is 0 Å². The number of ether oxygens (including phenoxy) is 1. The molecular weight excluding hydrogens is 515 g/mol. The SMILES string of the molecule is CN=C(NCc1cccc(S(=O)(=O)NC)c1)NCc1ccc(C)cc1OC(C)C.I. The molecule has 0 saturated carbocycles. The molecule has 2 rings (SSSR count). The summed E-state index contributed by atoms with van der Waals surface area (Å²) in [5.41, 5.74) is 3.01. The summed E-state index contributed by atoms with van der Waals surface area (Å²) in [6.45, 7) is 7.03. The topological polar surface area (TPSA) is 91.8 Å². The standard InChI is InChI=1S/C21H30N4O3S.HI/c1-15(2)28-20-11-16(3)9-10-18(20)14-25-21(22-4)24-13-17-7-6-8-19(12-17)29(26,27)23-5;/h6-12,15,23H,13-14H2,1-5H3,(H2,22,24,25);1H. The van der Waals surface area contributed by atoms with E-state index in [1.807, 2.05) is 45.0 Å². The predicted octanol–water partition coefficient (Wildman–Crippen LogP) is 3.17. The molecule has 2 aromatic carbocycles. The second kappa shape index (κ2) is 12.1. The van der Waals surface area contributed by atoms with Gasteiger partial charge in [0.1, 0.15) is 5.75 Å². The van der Waals surface area contributed by atoms with Gasteiger partial charge in [-0.2, -0.15) is 0 Å². The number of aliphatic imine (C=N–C) groups is 1. The third kappa shape index (κ3) is 7.77. The van der Waals surface area contributed by atoms with Crippen molar-refractivity contribution in [2.75, 3.05) is 14.1 Å². The number of rotatable bonds is 8. The summed E-state index contributed by atoms with van der Waals surface area (Å²) in [6, 6.07) is 12.9. The van der Waals surface area contributed by atoms with Gasteiger partial charge in [-0.15, -0.1) is 24.0 Å². The summed E-state index contributed by atoms with van der Waals surface area (Å²) in [5.74, 6) is 1.47. The van der Waals surface area contributed by atoms with E-state index in [1.165, 1.54) is 7.05 Å². The van der Waals surface area contributed by atoms with E-state index in [0.717, 1.165) is 22.4 Å². The first-order valence-corrected chi connectivity index (χ1v) is 11.0. The lowest BCUT2D eigenvalue weighted by Gasteiger charge is -2.17. The molecule has 0 saturated heterocycles. The van der Waals surface area contributed by atoms with Crippen LogP contribution in [0.5, 0.6) is 5.75 Å². The fourth-order valence-corrected chi connectivity index (χ4v) is 3.50. The zero-order valence-electron chi connectivity index (χ0n) is 18.0. The minimum Gasteiger partial charge on any atom is -0.491 e. The predicted molar refractivity (Wildman–Crippen MR) is 132 cm³/mol. The maximum atomic E-state index is 12.0. The van der Waals surface area contributed by atoms with Gasteiger partial charge in [-0.05, 0) is 57.1 Å². The zero-order valence-corrected chi connectivity index (χ0v) is 21.2. The van der Waals surface area contributed by atoms with Crippen LogP contribution < -0.4 is 20.1 Å².